The van der Waals surface area contributed by atoms with Gasteiger partial charge in [0, 0.05) is 59.0 Å². The Hall–Kier alpha value is -1.97. The van der Waals surface area contributed by atoms with E-state index >= 15 is 0 Å². The molecule has 0 aliphatic heterocycles. The van der Waals surface area contributed by atoms with E-state index in [1.807, 2.05) is 4.90 Å². The molecule has 0 fully saturated rings. The number of hydrogen-bond donors (Lipinski definition) is 1. The van der Waals surface area contributed by atoms with E-state index in [4.69, 9.17) is 9.84 Å². The van der Waals surface area contributed by atoms with Crippen LogP contribution in [0.4, 0.5) is 4.79 Å². The van der Waals surface area contributed by atoms with Crippen LogP contribution in [0, 0.1) is 0 Å². The Kier molecular flexibility index (Phi) is 50.8. The van der Waals surface area contributed by atoms with Gasteiger partial charge in [-0.3, -0.25) is 0 Å². The fourth-order valence-corrected chi connectivity index (χ4v) is 6.77. The number of hydrogen-bond acceptors (Lipinski definition) is 7. The van der Waals surface area contributed by atoms with Crippen molar-refractivity contribution in [1.29, 1.82) is 0 Å². The monoisotopic (exact) mass is 860 g/mol. The third-order valence-electron chi connectivity index (χ3n) is 11.0. The Bertz CT molecular complexity index is 950. The number of carbonyl (C=O) groups is 1. The number of ether oxygens (including phenoxy) is 1. The highest BCUT2D eigenvalue weighted by Crippen LogP contribution is 2.12. The molecule has 0 aliphatic rings. The highest BCUT2D eigenvalue weighted by Gasteiger charge is 2.14. The lowest BCUT2D eigenvalue weighted by atomic mass is 10.1. The number of nitrogens with zero attached hydrogens (tertiary/aromatic N) is 5. The first kappa shape index (κ1) is 61.1. The summed E-state index contributed by atoms with van der Waals surface area (Å²) in [6.45, 7) is 13.2. The summed E-state index contributed by atoms with van der Waals surface area (Å²) in [4.78, 5) is 24.0. The van der Waals surface area contributed by atoms with Crippen LogP contribution in [-0.2, 0) is 4.74 Å². The molecule has 0 aromatic carbocycles. The van der Waals surface area contributed by atoms with Crippen LogP contribution < -0.4 is 0 Å². The Morgan fingerprint density at radius 1 is 0.410 bits per heavy atom. The molecule has 8 nitrogen and oxygen atoms in total. The second-order valence-electron chi connectivity index (χ2n) is 17.9. The number of rotatable bonds is 43. The Morgan fingerprint density at radius 3 is 1.15 bits per heavy atom. The Balaban J connectivity index is 0. The van der Waals surface area contributed by atoms with Gasteiger partial charge in [0.1, 0.15) is 0 Å². The van der Waals surface area contributed by atoms with Crippen molar-refractivity contribution in [2.45, 2.75) is 181 Å². The maximum absolute atomic E-state index is 13.0. The van der Waals surface area contributed by atoms with Gasteiger partial charge in [0.25, 0.3) is 0 Å². The predicted molar refractivity (Wildman–Crippen MR) is 270 cm³/mol. The van der Waals surface area contributed by atoms with Crippen molar-refractivity contribution in [2.75, 3.05) is 108 Å². The predicted octanol–water partition coefficient (Wildman–Crippen LogP) is 12.8. The number of carbonyl (C=O) groups excluding carboxylic acids is 1. The quantitative estimate of drug-likeness (QED) is 0.0484. The summed E-state index contributed by atoms with van der Waals surface area (Å²) in [5, 5.41) is 8.56. The topological polar surface area (TPSA) is 62.7 Å². The summed E-state index contributed by atoms with van der Waals surface area (Å²) < 4.78 is 5.77. The van der Waals surface area contributed by atoms with E-state index in [9.17, 15) is 4.79 Å². The molecule has 0 aromatic rings. The first-order chi connectivity index (χ1) is 29.7. The number of likely N-dealkylation sites (N-methyl/N-ethyl adjacent to an activating group) is 4. The zero-order valence-corrected chi connectivity index (χ0v) is 42.1. The van der Waals surface area contributed by atoms with Crippen LogP contribution in [-0.4, -0.2) is 144 Å². The molecule has 0 atom stereocenters. The van der Waals surface area contributed by atoms with Gasteiger partial charge >= 0.3 is 6.09 Å². The van der Waals surface area contributed by atoms with E-state index in [-0.39, 0.29) is 6.09 Å². The first-order valence-electron chi connectivity index (χ1n) is 25.5. The summed E-state index contributed by atoms with van der Waals surface area (Å²) in [6.07, 6.45) is 50.1. The van der Waals surface area contributed by atoms with Crippen LogP contribution >= 0.6 is 0 Å². The van der Waals surface area contributed by atoms with Crippen LogP contribution in [0.2, 0.25) is 0 Å². The zero-order chi connectivity index (χ0) is 45.3. The molecule has 360 valence electrons. The Morgan fingerprint density at radius 2 is 0.770 bits per heavy atom. The molecule has 0 heterocycles. The number of amides is 1. The van der Waals surface area contributed by atoms with Gasteiger partial charge < -0.3 is 34.3 Å². The maximum atomic E-state index is 13.0. The van der Waals surface area contributed by atoms with Gasteiger partial charge in [0.2, 0.25) is 0 Å². The lowest BCUT2D eigenvalue weighted by molar-refractivity contribution is 0.0967. The molecule has 0 rings (SSSR count). The molecular weight excluding hydrogens is 755 g/mol. The number of unbranched alkanes of at least 4 members (excludes halogenated alkanes) is 18. The van der Waals surface area contributed by atoms with Crippen LogP contribution in [0.3, 0.4) is 0 Å². The zero-order valence-electron chi connectivity index (χ0n) is 42.1. The third kappa shape index (κ3) is 52.3. The molecule has 1 amide bonds. The van der Waals surface area contributed by atoms with Crippen molar-refractivity contribution in [1.82, 2.24) is 24.5 Å². The molecule has 0 radical (unpaired) electrons. The van der Waals surface area contributed by atoms with E-state index < -0.39 is 0 Å². The lowest BCUT2D eigenvalue weighted by Crippen LogP contribution is -2.34. The Labute approximate surface area is 381 Å². The average molecular weight is 860 g/mol. The van der Waals surface area contributed by atoms with E-state index in [2.05, 4.69) is 124 Å². The highest BCUT2D eigenvalue weighted by molar-refractivity contribution is 5.67. The van der Waals surface area contributed by atoms with Gasteiger partial charge in [0.15, 0.2) is 0 Å². The maximum Gasteiger partial charge on any atom is 0.409 e. The van der Waals surface area contributed by atoms with E-state index in [1.54, 1.807) is 0 Å². The third-order valence-corrected chi connectivity index (χ3v) is 11.0. The normalized spacial score (nSPS) is 12.1. The second-order valence-corrected chi connectivity index (χ2v) is 17.9. The van der Waals surface area contributed by atoms with Gasteiger partial charge in [-0.1, -0.05) is 140 Å². The van der Waals surface area contributed by atoms with Crippen molar-refractivity contribution in [2.24, 2.45) is 0 Å². The standard InChI is InChI=1S/C45H85N3O2.C8H20N2O/c1-6-8-10-12-14-16-18-20-22-24-26-28-30-32-34-36-40-48(45(49)50-44-38-39-47(5)43-42-46(3)4)41-37-35-33-31-29-27-25-23-21-19-17-15-13-11-9-7-2;1-9(2)6-7-10(3)5-4-8-11/h14-17,20-23H,6-13,18-19,24-44H2,1-5H3;11H,4-8H2,1-3H3/b16-14-,17-15-,22-20-,23-21-;. The molecule has 0 aliphatic carbocycles. The summed E-state index contributed by atoms with van der Waals surface area (Å²) >= 11 is 0. The van der Waals surface area contributed by atoms with Gasteiger partial charge in [-0.2, -0.15) is 0 Å². The molecule has 0 saturated carbocycles. The van der Waals surface area contributed by atoms with Crippen molar-refractivity contribution in [3.05, 3.63) is 48.6 Å². The van der Waals surface area contributed by atoms with E-state index in [1.165, 1.54) is 128 Å². The van der Waals surface area contributed by atoms with Crippen molar-refractivity contribution < 1.29 is 14.6 Å². The molecule has 0 saturated heterocycles. The summed E-state index contributed by atoms with van der Waals surface area (Å²) in [5.74, 6) is 0. The summed E-state index contributed by atoms with van der Waals surface area (Å²) in [6, 6.07) is 0. The first-order valence-corrected chi connectivity index (χ1v) is 25.5. The van der Waals surface area contributed by atoms with Gasteiger partial charge in [-0.25, -0.2) is 4.79 Å². The lowest BCUT2D eigenvalue weighted by Gasteiger charge is -2.23. The van der Waals surface area contributed by atoms with Crippen LogP contribution in [0.5, 0.6) is 0 Å². The van der Waals surface area contributed by atoms with Crippen molar-refractivity contribution in [3.8, 4) is 0 Å². The number of allylic oxidation sites excluding steroid dienone is 8. The highest BCUT2D eigenvalue weighted by atomic mass is 16.6. The molecule has 1 N–H and O–H groups in total. The fourth-order valence-electron chi connectivity index (χ4n) is 6.77. The molecule has 61 heavy (non-hydrogen) atoms. The summed E-state index contributed by atoms with van der Waals surface area (Å²) in [7, 11) is 12.6. The summed E-state index contributed by atoms with van der Waals surface area (Å²) in [5.41, 5.74) is 0. The molecule has 0 aromatic heterocycles. The van der Waals surface area contributed by atoms with Gasteiger partial charge in [-0.05, 0) is 132 Å². The van der Waals surface area contributed by atoms with Gasteiger partial charge in [-0.15, -0.1) is 0 Å². The number of aliphatic hydroxyl groups is 1. The van der Waals surface area contributed by atoms with Crippen LogP contribution in [0.25, 0.3) is 0 Å². The van der Waals surface area contributed by atoms with E-state index in [0.717, 1.165) is 90.9 Å². The molecule has 8 heteroatoms. The molecule has 0 spiro atoms. The van der Waals surface area contributed by atoms with Crippen LogP contribution in [0.1, 0.15) is 181 Å². The van der Waals surface area contributed by atoms with Crippen molar-refractivity contribution >= 4 is 6.09 Å². The minimum Gasteiger partial charge on any atom is -0.449 e. The van der Waals surface area contributed by atoms with Gasteiger partial charge in [0.05, 0.1) is 6.61 Å². The van der Waals surface area contributed by atoms with Crippen LogP contribution in [0.15, 0.2) is 48.6 Å². The van der Waals surface area contributed by atoms with E-state index in [0.29, 0.717) is 13.2 Å². The average Bonchev–Trinajstić information content (AvgIpc) is 3.24. The molecule has 0 unspecified atom stereocenters. The largest absolute Gasteiger partial charge is 0.449 e. The SMILES string of the molecule is CCCCC/C=C\C/C=C\CCCCCCCCN(CCCCCCCC/C=C\C/C=C\CCCCC)C(=O)OCCCN(C)CCN(C)C.CN(C)CCN(C)CCCO. The smallest absolute Gasteiger partial charge is 0.409 e. The minimum absolute atomic E-state index is 0.105. The fraction of sp³-hybridized carbons (Fsp3) is 0.830. The molecular formula is C53H105N5O3. The minimum atomic E-state index is -0.105. The molecule has 0 bridgehead atoms. The van der Waals surface area contributed by atoms with Crippen molar-refractivity contribution in [3.63, 3.8) is 0 Å². The number of aliphatic hydroxyl groups excluding tert-OH is 1. The second kappa shape index (κ2) is 50.7.